The largest absolute Gasteiger partial charge is 0.507 e. The molecule has 0 aliphatic heterocycles. The van der Waals surface area contributed by atoms with Gasteiger partial charge in [0.05, 0.1) is 13.3 Å². The molecule has 0 bridgehead atoms. The lowest BCUT2D eigenvalue weighted by Crippen LogP contribution is -2.17. The summed E-state index contributed by atoms with van der Waals surface area (Å²) in [6.07, 6.45) is 1.44. The Morgan fingerprint density at radius 1 is 1.12 bits per heavy atom. The minimum atomic E-state index is -0.357. The second-order valence-corrected chi connectivity index (χ2v) is 5.15. The lowest BCUT2D eigenvalue weighted by Gasteiger charge is -2.05. The third-order valence-electron chi connectivity index (χ3n) is 3.64. The fourth-order valence-electron chi connectivity index (χ4n) is 2.40. The number of hydrogen-bond donors (Lipinski definition) is 2. The average molecular weight is 320 g/mol. The average Bonchev–Trinajstić information content (AvgIpc) is 2.63. The van der Waals surface area contributed by atoms with Gasteiger partial charge in [-0.15, -0.1) is 0 Å². The number of nitrogens with zero attached hydrogens (tertiary/aromatic N) is 1. The van der Waals surface area contributed by atoms with Crippen molar-refractivity contribution in [1.82, 2.24) is 5.43 Å². The minimum absolute atomic E-state index is 0.105. The first-order valence-corrected chi connectivity index (χ1v) is 7.37. The van der Waals surface area contributed by atoms with E-state index in [2.05, 4.69) is 10.5 Å². The molecular formula is C19H16N2O3. The number of ether oxygens (including phenoxy) is 1. The maximum Gasteiger partial charge on any atom is 0.271 e. The van der Waals surface area contributed by atoms with Crippen LogP contribution in [-0.2, 0) is 0 Å². The quantitative estimate of drug-likeness (QED) is 0.572. The molecule has 5 heteroatoms. The van der Waals surface area contributed by atoms with Crippen LogP contribution >= 0.6 is 0 Å². The van der Waals surface area contributed by atoms with Crippen molar-refractivity contribution in [2.45, 2.75) is 0 Å². The molecule has 0 heterocycles. The maximum absolute atomic E-state index is 12.1. The van der Waals surface area contributed by atoms with Gasteiger partial charge in [0.25, 0.3) is 5.91 Å². The number of fused-ring (bicyclic) bond motifs is 1. The van der Waals surface area contributed by atoms with Crippen LogP contribution in [0.2, 0.25) is 0 Å². The van der Waals surface area contributed by atoms with Crippen molar-refractivity contribution >= 4 is 22.9 Å². The molecule has 3 aromatic rings. The van der Waals surface area contributed by atoms with Crippen molar-refractivity contribution < 1.29 is 14.6 Å². The van der Waals surface area contributed by atoms with Crippen LogP contribution in [0, 0.1) is 0 Å². The van der Waals surface area contributed by atoms with Gasteiger partial charge in [-0.25, -0.2) is 5.43 Å². The number of carbonyl (C=O) groups excluding carboxylic acids is 1. The van der Waals surface area contributed by atoms with E-state index in [4.69, 9.17) is 4.74 Å². The Labute approximate surface area is 139 Å². The van der Waals surface area contributed by atoms with Gasteiger partial charge < -0.3 is 9.84 Å². The molecule has 0 saturated heterocycles. The number of benzene rings is 3. The molecule has 2 N–H and O–H groups in total. The number of aromatic hydroxyl groups is 1. The Morgan fingerprint density at radius 3 is 2.79 bits per heavy atom. The normalized spacial score (nSPS) is 10.9. The van der Waals surface area contributed by atoms with E-state index in [0.29, 0.717) is 16.9 Å². The SMILES string of the molecule is COc1cccc(C(=O)N/N=C\c2c(O)ccc3ccccc23)c1. The second kappa shape index (κ2) is 6.83. The van der Waals surface area contributed by atoms with Gasteiger partial charge in [-0.2, -0.15) is 5.10 Å². The molecule has 1 amide bonds. The summed E-state index contributed by atoms with van der Waals surface area (Å²) in [5, 5.41) is 15.8. The molecule has 0 saturated carbocycles. The van der Waals surface area contributed by atoms with E-state index in [-0.39, 0.29) is 11.7 Å². The highest BCUT2D eigenvalue weighted by molar-refractivity contribution is 6.03. The number of rotatable bonds is 4. The first kappa shape index (κ1) is 15.6. The molecule has 0 unspecified atom stereocenters. The van der Waals surface area contributed by atoms with Crippen molar-refractivity contribution in [2.24, 2.45) is 5.10 Å². The summed E-state index contributed by atoms with van der Waals surface area (Å²) in [7, 11) is 1.54. The first-order chi connectivity index (χ1) is 11.7. The summed E-state index contributed by atoms with van der Waals surface area (Å²) in [4.78, 5) is 12.1. The third kappa shape index (κ3) is 3.20. The molecule has 0 spiro atoms. The van der Waals surface area contributed by atoms with E-state index in [9.17, 15) is 9.90 Å². The monoisotopic (exact) mass is 320 g/mol. The van der Waals surface area contributed by atoms with Gasteiger partial charge in [0.15, 0.2) is 0 Å². The summed E-state index contributed by atoms with van der Waals surface area (Å²) in [5.41, 5.74) is 3.45. The second-order valence-electron chi connectivity index (χ2n) is 5.15. The number of hydrogen-bond acceptors (Lipinski definition) is 4. The highest BCUT2D eigenvalue weighted by atomic mass is 16.5. The minimum Gasteiger partial charge on any atom is -0.507 e. The predicted octanol–water partition coefficient (Wildman–Crippen LogP) is 3.32. The summed E-state index contributed by atoms with van der Waals surface area (Å²) in [5.74, 6) is 0.344. The lowest BCUT2D eigenvalue weighted by molar-refractivity contribution is 0.0954. The molecule has 3 rings (SSSR count). The molecule has 0 aliphatic carbocycles. The molecular weight excluding hydrogens is 304 g/mol. The van der Waals surface area contributed by atoms with Crippen molar-refractivity contribution in [3.8, 4) is 11.5 Å². The van der Waals surface area contributed by atoms with Crippen molar-refractivity contribution in [2.75, 3.05) is 7.11 Å². The molecule has 0 fully saturated rings. The maximum atomic E-state index is 12.1. The Kier molecular flexibility index (Phi) is 4.43. The fourth-order valence-corrected chi connectivity index (χ4v) is 2.40. The lowest BCUT2D eigenvalue weighted by atomic mass is 10.0. The smallest absolute Gasteiger partial charge is 0.271 e. The Balaban J connectivity index is 1.81. The van der Waals surface area contributed by atoms with Gasteiger partial charge in [0, 0.05) is 11.1 Å². The van der Waals surface area contributed by atoms with E-state index in [1.54, 1.807) is 37.4 Å². The van der Waals surface area contributed by atoms with Crippen LogP contribution in [0.5, 0.6) is 11.5 Å². The van der Waals surface area contributed by atoms with Gasteiger partial charge in [0.2, 0.25) is 0 Å². The van der Waals surface area contributed by atoms with E-state index < -0.39 is 0 Å². The van der Waals surface area contributed by atoms with E-state index in [1.165, 1.54) is 6.21 Å². The Bertz CT molecular complexity index is 919. The highest BCUT2D eigenvalue weighted by Crippen LogP contribution is 2.25. The van der Waals surface area contributed by atoms with Gasteiger partial charge in [-0.1, -0.05) is 36.4 Å². The number of amides is 1. The van der Waals surface area contributed by atoms with Gasteiger partial charge in [-0.05, 0) is 35.0 Å². The van der Waals surface area contributed by atoms with Crippen LogP contribution in [0.25, 0.3) is 10.8 Å². The van der Waals surface area contributed by atoms with Crippen molar-refractivity contribution in [1.29, 1.82) is 0 Å². The van der Waals surface area contributed by atoms with Crippen LogP contribution in [0.1, 0.15) is 15.9 Å². The number of phenolic OH excluding ortho intramolecular Hbond substituents is 1. The highest BCUT2D eigenvalue weighted by Gasteiger charge is 2.07. The molecule has 0 atom stereocenters. The van der Waals surface area contributed by atoms with E-state index in [1.807, 2.05) is 30.3 Å². The van der Waals surface area contributed by atoms with Crippen molar-refractivity contribution in [3.63, 3.8) is 0 Å². The zero-order valence-electron chi connectivity index (χ0n) is 13.1. The van der Waals surface area contributed by atoms with Gasteiger partial charge in [-0.3, -0.25) is 4.79 Å². The number of hydrazone groups is 1. The Morgan fingerprint density at radius 2 is 1.96 bits per heavy atom. The number of nitrogens with one attached hydrogen (secondary N) is 1. The van der Waals surface area contributed by atoms with Crippen LogP contribution in [0.4, 0.5) is 0 Å². The number of carbonyl (C=O) groups is 1. The fraction of sp³-hybridized carbons (Fsp3) is 0.0526. The molecule has 3 aromatic carbocycles. The third-order valence-corrected chi connectivity index (χ3v) is 3.64. The number of phenols is 1. The molecule has 120 valence electrons. The van der Waals surface area contributed by atoms with Gasteiger partial charge in [0.1, 0.15) is 11.5 Å². The van der Waals surface area contributed by atoms with E-state index >= 15 is 0 Å². The summed E-state index contributed by atoms with van der Waals surface area (Å²) in [6.45, 7) is 0. The zero-order valence-corrected chi connectivity index (χ0v) is 13.1. The zero-order chi connectivity index (χ0) is 16.9. The molecule has 0 aromatic heterocycles. The van der Waals surface area contributed by atoms with Crippen LogP contribution in [-0.4, -0.2) is 24.3 Å². The standard InChI is InChI=1S/C19H16N2O3/c1-24-15-7-4-6-14(11-15)19(23)21-20-12-17-16-8-3-2-5-13(16)9-10-18(17)22/h2-12,22H,1H3,(H,21,23)/b20-12-. The van der Waals surface area contributed by atoms with E-state index in [0.717, 1.165) is 10.8 Å². The van der Waals surface area contributed by atoms with Crippen molar-refractivity contribution in [3.05, 3.63) is 71.8 Å². The summed E-state index contributed by atoms with van der Waals surface area (Å²) in [6, 6.07) is 17.9. The van der Waals surface area contributed by atoms with Gasteiger partial charge >= 0.3 is 0 Å². The van der Waals surface area contributed by atoms with Crippen LogP contribution < -0.4 is 10.2 Å². The first-order valence-electron chi connectivity index (χ1n) is 7.37. The summed E-state index contributed by atoms with van der Waals surface area (Å²) < 4.78 is 5.09. The summed E-state index contributed by atoms with van der Waals surface area (Å²) >= 11 is 0. The topological polar surface area (TPSA) is 70.9 Å². The van der Waals surface area contributed by atoms with Crippen LogP contribution in [0.15, 0.2) is 65.8 Å². The van der Waals surface area contributed by atoms with Crippen LogP contribution in [0.3, 0.4) is 0 Å². The Hall–Kier alpha value is -3.34. The molecule has 24 heavy (non-hydrogen) atoms. The molecule has 0 aliphatic rings. The predicted molar refractivity (Wildman–Crippen MR) is 93.7 cm³/mol. The number of methoxy groups -OCH3 is 1. The molecule has 0 radical (unpaired) electrons. The molecule has 5 nitrogen and oxygen atoms in total.